The number of hydrogen-bond acceptors (Lipinski definition) is 3. The smallest absolute Gasteiger partial charge is 0.368 e. The van der Waals surface area contributed by atoms with Gasteiger partial charge in [-0.15, -0.1) is 0 Å². The summed E-state index contributed by atoms with van der Waals surface area (Å²) in [6, 6.07) is 2.49. The molecule has 0 amide bonds. The van der Waals surface area contributed by atoms with Gasteiger partial charge in [-0.3, -0.25) is 0 Å². The van der Waals surface area contributed by atoms with Gasteiger partial charge in [0.2, 0.25) is 10.0 Å². The second-order valence-corrected chi connectivity index (χ2v) is 5.38. The van der Waals surface area contributed by atoms with Crippen molar-refractivity contribution in [3.05, 3.63) is 23.8 Å². The molecule has 8 heteroatoms. The first-order chi connectivity index (χ1) is 7.70. The van der Waals surface area contributed by atoms with Crippen molar-refractivity contribution < 1.29 is 21.6 Å². The van der Waals surface area contributed by atoms with Crippen molar-refractivity contribution in [1.82, 2.24) is 4.72 Å². The Morgan fingerprint density at radius 1 is 1.29 bits per heavy atom. The molecule has 17 heavy (non-hydrogen) atoms. The molecule has 94 valence electrons. The molecule has 1 aliphatic rings. The van der Waals surface area contributed by atoms with E-state index in [1.807, 2.05) is 0 Å². The molecular formula is C9H9F3N2O2S. The Morgan fingerprint density at radius 2 is 1.94 bits per heavy atom. The van der Waals surface area contributed by atoms with Gasteiger partial charge in [0, 0.05) is 0 Å². The molecule has 0 radical (unpaired) electrons. The Balaban J connectivity index is 2.57. The van der Waals surface area contributed by atoms with Crippen LogP contribution in [0.5, 0.6) is 0 Å². The van der Waals surface area contributed by atoms with Crippen LogP contribution in [0.25, 0.3) is 0 Å². The maximum absolute atomic E-state index is 12.5. The Morgan fingerprint density at radius 3 is 2.53 bits per heavy atom. The van der Waals surface area contributed by atoms with E-state index in [1.54, 1.807) is 0 Å². The van der Waals surface area contributed by atoms with Crippen molar-refractivity contribution in [1.29, 1.82) is 0 Å². The summed E-state index contributed by atoms with van der Waals surface area (Å²) in [5, 5.41) is 2.64. The Labute approximate surface area is 95.9 Å². The lowest BCUT2D eigenvalue weighted by Gasteiger charge is -2.25. The molecule has 0 aromatic heterocycles. The summed E-state index contributed by atoms with van der Waals surface area (Å²) in [6.45, 7) is 1.50. The zero-order chi connectivity index (χ0) is 12.8. The molecular weight excluding hydrogens is 257 g/mol. The van der Waals surface area contributed by atoms with E-state index in [0.29, 0.717) is 0 Å². The third-order valence-corrected chi connectivity index (χ3v) is 3.90. The van der Waals surface area contributed by atoms with Gasteiger partial charge in [0.25, 0.3) is 0 Å². The zero-order valence-corrected chi connectivity index (χ0v) is 9.48. The molecule has 0 saturated carbocycles. The second kappa shape index (κ2) is 3.61. The average molecular weight is 266 g/mol. The molecule has 4 nitrogen and oxygen atoms in total. The number of halogens is 3. The van der Waals surface area contributed by atoms with Gasteiger partial charge in [0.1, 0.15) is 4.90 Å². The first kappa shape index (κ1) is 12.2. The number of rotatable bonds is 0. The van der Waals surface area contributed by atoms with Crippen molar-refractivity contribution in [3.63, 3.8) is 0 Å². The highest BCUT2D eigenvalue weighted by molar-refractivity contribution is 7.89. The van der Waals surface area contributed by atoms with Crippen molar-refractivity contribution in [2.45, 2.75) is 24.2 Å². The Kier molecular flexibility index (Phi) is 2.58. The van der Waals surface area contributed by atoms with Gasteiger partial charge in [-0.1, -0.05) is 0 Å². The van der Waals surface area contributed by atoms with Crippen molar-refractivity contribution in [3.8, 4) is 0 Å². The normalized spacial score (nSPS) is 22.7. The molecule has 2 rings (SSSR count). The predicted molar refractivity (Wildman–Crippen MR) is 54.9 cm³/mol. The standard InChI is InChI=1S/C9H9F3N2O2S/c1-5-13-7-4-6(9(10,11)12)2-3-8(7)17(15,16)14-5/h2-5,13-14H,1H3. The molecule has 2 N–H and O–H groups in total. The molecule has 0 aliphatic carbocycles. The summed E-state index contributed by atoms with van der Waals surface area (Å²) in [5.41, 5.74) is -0.917. The van der Waals surface area contributed by atoms with Gasteiger partial charge < -0.3 is 5.32 Å². The first-order valence-corrected chi connectivity index (χ1v) is 6.18. The molecule has 1 aromatic carbocycles. The van der Waals surface area contributed by atoms with Crippen molar-refractivity contribution in [2.75, 3.05) is 5.32 Å². The van der Waals surface area contributed by atoms with Crippen LogP contribution < -0.4 is 10.0 Å². The van der Waals surface area contributed by atoms with Crippen LogP contribution in [0.15, 0.2) is 23.1 Å². The lowest BCUT2D eigenvalue weighted by molar-refractivity contribution is -0.137. The molecule has 0 bridgehead atoms. The summed E-state index contributed by atoms with van der Waals surface area (Å²) in [5.74, 6) is 0. The van der Waals surface area contributed by atoms with Gasteiger partial charge in [0.15, 0.2) is 0 Å². The fraction of sp³-hybridized carbons (Fsp3) is 0.333. The van der Waals surface area contributed by atoms with Crippen LogP contribution in [-0.4, -0.2) is 14.6 Å². The van der Waals surface area contributed by atoms with Crippen LogP contribution in [0.2, 0.25) is 0 Å². The highest BCUT2D eigenvalue weighted by Gasteiger charge is 2.34. The number of alkyl halides is 3. The van der Waals surface area contributed by atoms with E-state index in [1.165, 1.54) is 6.92 Å². The van der Waals surface area contributed by atoms with Gasteiger partial charge in [0.05, 0.1) is 17.4 Å². The van der Waals surface area contributed by atoms with E-state index in [4.69, 9.17) is 0 Å². The van der Waals surface area contributed by atoms with Gasteiger partial charge in [-0.2, -0.15) is 17.9 Å². The van der Waals surface area contributed by atoms with Crippen LogP contribution >= 0.6 is 0 Å². The number of anilines is 1. The number of nitrogens with one attached hydrogen (secondary N) is 2. The number of fused-ring (bicyclic) bond motifs is 1. The zero-order valence-electron chi connectivity index (χ0n) is 8.67. The monoisotopic (exact) mass is 266 g/mol. The van der Waals surface area contributed by atoms with Crippen LogP contribution in [0.3, 0.4) is 0 Å². The second-order valence-electron chi connectivity index (χ2n) is 3.70. The SMILES string of the molecule is CC1Nc2cc(C(F)(F)F)ccc2S(=O)(=O)N1. The molecule has 0 spiro atoms. The third kappa shape index (κ3) is 2.22. The summed E-state index contributed by atoms with van der Waals surface area (Å²) in [7, 11) is -3.73. The van der Waals surface area contributed by atoms with E-state index in [2.05, 4.69) is 10.0 Å². The quantitative estimate of drug-likeness (QED) is 0.752. The van der Waals surface area contributed by atoms with E-state index >= 15 is 0 Å². The van der Waals surface area contributed by atoms with Crippen molar-refractivity contribution >= 4 is 15.7 Å². The van der Waals surface area contributed by atoms with E-state index in [0.717, 1.165) is 18.2 Å². The van der Waals surface area contributed by atoms with Gasteiger partial charge in [-0.05, 0) is 25.1 Å². The van der Waals surface area contributed by atoms with Crippen LogP contribution in [0.4, 0.5) is 18.9 Å². The highest BCUT2D eigenvalue weighted by Crippen LogP contribution is 2.34. The molecule has 1 aromatic rings. The summed E-state index contributed by atoms with van der Waals surface area (Å²) >= 11 is 0. The molecule has 1 unspecified atom stereocenters. The lowest BCUT2D eigenvalue weighted by atomic mass is 10.2. The summed E-state index contributed by atoms with van der Waals surface area (Å²) in [4.78, 5) is -0.177. The molecule has 1 aliphatic heterocycles. The van der Waals surface area contributed by atoms with Gasteiger partial charge in [-0.25, -0.2) is 8.42 Å². The number of hydrogen-bond donors (Lipinski definition) is 2. The predicted octanol–water partition coefficient (Wildman–Crippen LogP) is 1.76. The van der Waals surface area contributed by atoms with Gasteiger partial charge >= 0.3 is 6.18 Å². The van der Waals surface area contributed by atoms with E-state index in [-0.39, 0.29) is 10.6 Å². The van der Waals surface area contributed by atoms with E-state index in [9.17, 15) is 21.6 Å². The minimum Gasteiger partial charge on any atom is -0.368 e. The average Bonchev–Trinajstić information content (AvgIpc) is 2.13. The maximum Gasteiger partial charge on any atom is 0.416 e. The topological polar surface area (TPSA) is 58.2 Å². The van der Waals surface area contributed by atoms with Crippen LogP contribution in [0, 0.1) is 0 Å². The number of sulfonamides is 1. The van der Waals surface area contributed by atoms with Crippen LogP contribution in [0.1, 0.15) is 12.5 Å². The van der Waals surface area contributed by atoms with Crippen molar-refractivity contribution in [2.24, 2.45) is 0 Å². The van der Waals surface area contributed by atoms with E-state index < -0.39 is 27.9 Å². The minimum absolute atomic E-state index is 0.0360. The maximum atomic E-state index is 12.5. The number of benzene rings is 1. The molecule has 0 saturated heterocycles. The minimum atomic E-state index is -4.49. The first-order valence-electron chi connectivity index (χ1n) is 4.70. The summed E-state index contributed by atoms with van der Waals surface area (Å²) in [6.07, 6.45) is -5.13. The fourth-order valence-corrected chi connectivity index (χ4v) is 2.92. The lowest BCUT2D eigenvalue weighted by Crippen LogP contribution is -2.42. The molecule has 0 fully saturated rings. The molecule has 1 atom stereocenters. The van der Waals surface area contributed by atoms with Crippen LogP contribution in [-0.2, 0) is 16.2 Å². The Hall–Kier alpha value is -1.28. The third-order valence-electron chi connectivity index (χ3n) is 2.30. The Bertz CT molecular complexity index is 554. The molecule has 1 heterocycles. The largest absolute Gasteiger partial charge is 0.416 e. The fourth-order valence-electron chi connectivity index (χ4n) is 1.61. The summed E-state index contributed by atoms with van der Waals surface area (Å²) < 4.78 is 62.8. The highest BCUT2D eigenvalue weighted by atomic mass is 32.2.